The summed E-state index contributed by atoms with van der Waals surface area (Å²) in [6, 6.07) is 7.37. The molecule has 0 aliphatic carbocycles. The average molecular weight is 209 g/mol. The number of nitrogens with one attached hydrogen (secondary N) is 1. The van der Waals surface area contributed by atoms with Gasteiger partial charge in [0.25, 0.3) is 0 Å². The lowest BCUT2D eigenvalue weighted by atomic mass is 10.2. The molecule has 1 amide bonds. The number of carbonyl (C=O) groups excluding carboxylic acids is 1. The van der Waals surface area contributed by atoms with Crippen LogP contribution in [0, 0.1) is 0 Å². The van der Waals surface area contributed by atoms with E-state index >= 15 is 0 Å². The van der Waals surface area contributed by atoms with E-state index in [1.807, 2.05) is 24.3 Å². The lowest BCUT2D eigenvalue weighted by Gasteiger charge is -2.07. The zero-order valence-electron chi connectivity index (χ0n) is 8.86. The molecule has 2 N–H and O–H groups in total. The standard InChI is InChI=1S/C11H15NO3/c1-8(13)11(14)12-7-9-3-5-10(15-2)6-4-9/h3-6,8,13H,7H2,1-2H3,(H,12,14)/t8-/m1/s1. The molecule has 82 valence electrons. The first kappa shape index (κ1) is 11.5. The molecular weight excluding hydrogens is 194 g/mol. The molecule has 4 nitrogen and oxygen atoms in total. The Kier molecular flexibility index (Phi) is 4.12. The highest BCUT2D eigenvalue weighted by Gasteiger charge is 2.07. The number of ether oxygens (including phenoxy) is 1. The van der Waals surface area contributed by atoms with Gasteiger partial charge in [0.05, 0.1) is 7.11 Å². The first-order valence-corrected chi connectivity index (χ1v) is 4.72. The van der Waals surface area contributed by atoms with Crippen molar-refractivity contribution in [1.82, 2.24) is 5.32 Å². The number of carbonyl (C=O) groups is 1. The number of aliphatic hydroxyl groups excluding tert-OH is 1. The summed E-state index contributed by atoms with van der Waals surface area (Å²) >= 11 is 0. The van der Waals surface area contributed by atoms with E-state index in [1.54, 1.807) is 7.11 Å². The Bertz CT molecular complexity index is 319. The van der Waals surface area contributed by atoms with E-state index in [9.17, 15) is 4.79 Å². The Labute approximate surface area is 88.9 Å². The number of amides is 1. The minimum atomic E-state index is -0.969. The van der Waals surface area contributed by atoms with E-state index in [0.717, 1.165) is 11.3 Å². The van der Waals surface area contributed by atoms with Crippen LogP contribution in [-0.4, -0.2) is 24.2 Å². The maximum Gasteiger partial charge on any atom is 0.248 e. The summed E-state index contributed by atoms with van der Waals surface area (Å²) in [6.45, 7) is 1.84. The van der Waals surface area contributed by atoms with Gasteiger partial charge in [-0.05, 0) is 24.6 Å². The van der Waals surface area contributed by atoms with E-state index in [0.29, 0.717) is 6.54 Å². The lowest BCUT2D eigenvalue weighted by Crippen LogP contribution is -2.31. The second-order valence-electron chi connectivity index (χ2n) is 3.24. The molecule has 0 aliphatic rings. The van der Waals surface area contributed by atoms with Gasteiger partial charge in [-0.1, -0.05) is 12.1 Å². The third kappa shape index (κ3) is 3.59. The van der Waals surface area contributed by atoms with Crippen molar-refractivity contribution in [3.63, 3.8) is 0 Å². The maximum absolute atomic E-state index is 11.1. The first-order chi connectivity index (χ1) is 7.13. The van der Waals surface area contributed by atoms with E-state index in [4.69, 9.17) is 9.84 Å². The number of hydrogen-bond acceptors (Lipinski definition) is 3. The van der Waals surface area contributed by atoms with Crippen LogP contribution < -0.4 is 10.1 Å². The molecule has 0 aliphatic heterocycles. The summed E-state index contributed by atoms with van der Waals surface area (Å²) in [4.78, 5) is 11.1. The van der Waals surface area contributed by atoms with Gasteiger partial charge in [0, 0.05) is 6.54 Å². The zero-order chi connectivity index (χ0) is 11.3. The number of methoxy groups -OCH3 is 1. The second-order valence-corrected chi connectivity index (χ2v) is 3.24. The molecule has 0 saturated carbocycles. The number of aliphatic hydroxyl groups is 1. The van der Waals surface area contributed by atoms with Crippen LogP contribution in [-0.2, 0) is 11.3 Å². The SMILES string of the molecule is COc1ccc(CNC(=O)[C@@H](C)O)cc1. The van der Waals surface area contributed by atoms with Crippen LogP contribution in [0.3, 0.4) is 0 Å². The third-order valence-electron chi connectivity index (χ3n) is 2.01. The van der Waals surface area contributed by atoms with Gasteiger partial charge in [0.1, 0.15) is 11.9 Å². The van der Waals surface area contributed by atoms with E-state index in [1.165, 1.54) is 6.92 Å². The molecule has 15 heavy (non-hydrogen) atoms. The Balaban J connectivity index is 2.47. The van der Waals surface area contributed by atoms with Crippen LogP contribution in [0.15, 0.2) is 24.3 Å². The van der Waals surface area contributed by atoms with Crippen molar-refractivity contribution in [3.8, 4) is 5.75 Å². The topological polar surface area (TPSA) is 58.6 Å². The smallest absolute Gasteiger partial charge is 0.248 e. The Morgan fingerprint density at radius 2 is 2.07 bits per heavy atom. The Hall–Kier alpha value is -1.55. The fraction of sp³-hybridized carbons (Fsp3) is 0.364. The normalized spacial score (nSPS) is 11.9. The molecule has 0 unspecified atom stereocenters. The quantitative estimate of drug-likeness (QED) is 0.767. The second kappa shape index (κ2) is 5.36. The number of rotatable bonds is 4. The third-order valence-corrected chi connectivity index (χ3v) is 2.01. The van der Waals surface area contributed by atoms with Gasteiger partial charge in [-0.25, -0.2) is 0 Å². The molecule has 0 spiro atoms. The molecule has 1 aromatic carbocycles. The van der Waals surface area contributed by atoms with Crippen molar-refractivity contribution in [3.05, 3.63) is 29.8 Å². The van der Waals surface area contributed by atoms with E-state index < -0.39 is 6.10 Å². The molecule has 0 bridgehead atoms. The van der Waals surface area contributed by atoms with Crippen molar-refractivity contribution < 1.29 is 14.6 Å². The van der Waals surface area contributed by atoms with Gasteiger partial charge >= 0.3 is 0 Å². The molecule has 0 fully saturated rings. The largest absolute Gasteiger partial charge is 0.497 e. The first-order valence-electron chi connectivity index (χ1n) is 4.72. The predicted molar refractivity (Wildman–Crippen MR) is 56.5 cm³/mol. The summed E-state index contributed by atoms with van der Waals surface area (Å²) in [7, 11) is 1.60. The minimum Gasteiger partial charge on any atom is -0.497 e. The zero-order valence-corrected chi connectivity index (χ0v) is 8.86. The summed E-state index contributed by atoms with van der Waals surface area (Å²) in [6.07, 6.45) is -0.969. The Morgan fingerprint density at radius 3 is 2.53 bits per heavy atom. The van der Waals surface area contributed by atoms with Crippen molar-refractivity contribution in [2.45, 2.75) is 19.6 Å². The molecule has 0 saturated heterocycles. The van der Waals surface area contributed by atoms with Gasteiger partial charge in [-0.3, -0.25) is 4.79 Å². The fourth-order valence-corrected chi connectivity index (χ4v) is 1.08. The monoisotopic (exact) mass is 209 g/mol. The average Bonchev–Trinajstić information content (AvgIpc) is 2.26. The van der Waals surface area contributed by atoms with E-state index in [2.05, 4.69) is 5.32 Å². The van der Waals surface area contributed by atoms with Crippen LogP contribution in [0.5, 0.6) is 5.75 Å². The maximum atomic E-state index is 11.1. The highest BCUT2D eigenvalue weighted by molar-refractivity contribution is 5.79. The molecule has 0 heterocycles. The fourth-order valence-electron chi connectivity index (χ4n) is 1.08. The molecule has 0 aromatic heterocycles. The number of benzene rings is 1. The molecule has 1 rings (SSSR count). The van der Waals surface area contributed by atoms with Gasteiger partial charge < -0.3 is 15.2 Å². The van der Waals surface area contributed by atoms with Crippen LogP contribution >= 0.6 is 0 Å². The van der Waals surface area contributed by atoms with Crippen LogP contribution in [0.4, 0.5) is 0 Å². The van der Waals surface area contributed by atoms with Crippen molar-refractivity contribution in [2.24, 2.45) is 0 Å². The number of hydrogen-bond donors (Lipinski definition) is 2. The molecule has 1 atom stereocenters. The van der Waals surface area contributed by atoms with Crippen LogP contribution in [0.2, 0.25) is 0 Å². The Morgan fingerprint density at radius 1 is 1.47 bits per heavy atom. The highest BCUT2D eigenvalue weighted by Crippen LogP contribution is 2.10. The van der Waals surface area contributed by atoms with Gasteiger partial charge in [0.15, 0.2) is 0 Å². The van der Waals surface area contributed by atoms with Crippen LogP contribution in [0.25, 0.3) is 0 Å². The predicted octanol–water partition coefficient (Wildman–Crippen LogP) is 0.692. The molecule has 1 aromatic rings. The van der Waals surface area contributed by atoms with Gasteiger partial charge in [-0.15, -0.1) is 0 Å². The van der Waals surface area contributed by atoms with Crippen molar-refractivity contribution in [2.75, 3.05) is 7.11 Å². The van der Waals surface area contributed by atoms with Gasteiger partial charge in [0.2, 0.25) is 5.91 Å². The molecule has 0 radical (unpaired) electrons. The van der Waals surface area contributed by atoms with Crippen LogP contribution in [0.1, 0.15) is 12.5 Å². The molecule has 4 heteroatoms. The summed E-state index contributed by atoms with van der Waals surface area (Å²) in [5.74, 6) is 0.409. The molecular formula is C11H15NO3. The van der Waals surface area contributed by atoms with Crippen molar-refractivity contribution >= 4 is 5.91 Å². The summed E-state index contributed by atoms with van der Waals surface area (Å²) < 4.78 is 5.01. The highest BCUT2D eigenvalue weighted by atomic mass is 16.5. The summed E-state index contributed by atoms with van der Waals surface area (Å²) in [5, 5.41) is 11.6. The minimum absolute atomic E-state index is 0.370. The summed E-state index contributed by atoms with van der Waals surface area (Å²) in [5.41, 5.74) is 0.963. The van der Waals surface area contributed by atoms with Crippen molar-refractivity contribution in [1.29, 1.82) is 0 Å². The van der Waals surface area contributed by atoms with E-state index in [-0.39, 0.29) is 5.91 Å². The lowest BCUT2D eigenvalue weighted by molar-refractivity contribution is -0.128. The van der Waals surface area contributed by atoms with Gasteiger partial charge in [-0.2, -0.15) is 0 Å².